The van der Waals surface area contributed by atoms with E-state index in [0.717, 1.165) is 11.8 Å². The van der Waals surface area contributed by atoms with Crippen LogP contribution in [0.2, 0.25) is 0 Å². The lowest BCUT2D eigenvalue weighted by Gasteiger charge is -2.17. The molecule has 0 radical (unpaired) electrons. The molecule has 9 nitrogen and oxygen atoms in total. The lowest BCUT2D eigenvalue weighted by atomic mass is 10.2. The number of nitrogens with one attached hydrogen (secondary N) is 1. The van der Waals surface area contributed by atoms with Crippen molar-refractivity contribution in [1.29, 1.82) is 0 Å². The molecule has 2 N–H and O–H groups in total. The van der Waals surface area contributed by atoms with Gasteiger partial charge in [-0.15, -0.1) is 10.1 Å². The molecular formula is C11H18N2O7S. The molecule has 21 heavy (non-hydrogen) atoms. The highest BCUT2D eigenvalue weighted by Gasteiger charge is 2.27. The number of rotatable bonds is 10. The van der Waals surface area contributed by atoms with Crippen LogP contribution in [-0.2, 0) is 19.2 Å². The van der Waals surface area contributed by atoms with E-state index in [1.807, 2.05) is 6.92 Å². The maximum Gasteiger partial charge on any atom is 0.327 e. The molecule has 120 valence electrons. The highest BCUT2D eigenvalue weighted by Crippen LogP contribution is 2.10. The number of hydrogen-bond acceptors (Lipinski definition) is 7. The van der Waals surface area contributed by atoms with Gasteiger partial charge in [-0.05, 0) is 12.8 Å². The van der Waals surface area contributed by atoms with Crippen molar-refractivity contribution in [2.45, 2.75) is 45.3 Å². The molecule has 0 aromatic carbocycles. The van der Waals surface area contributed by atoms with Crippen molar-refractivity contribution >= 4 is 28.8 Å². The number of carboxylic acids is 1. The van der Waals surface area contributed by atoms with Gasteiger partial charge in [0.05, 0.1) is 0 Å². The van der Waals surface area contributed by atoms with Crippen LogP contribution in [0.15, 0.2) is 0 Å². The molecular weight excluding hydrogens is 304 g/mol. The smallest absolute Gasteiger partial charge is 0.327 e. The summed E-state index contributed by atoms with van der Waals surface area (Å²) in [6, 6.07) is -1.31. The van der Waals surface area contributed by atoms with Gasteiger partial charge < -0.3 is 15.3 Å². The Morgan fingerprint density at radius 3 is 2.43 bits per heavy atom. The van der Waals surface area contributed by atoms with Gasteiger partial charge in [-0.2, -0.15) is 0 Å². The average molecular weight is 322 g/mol. The fourth-order valence-electron chi connectivity index (χ4n) is 1.30. The third kappa shape index (κ3) is 8.12. The topological polar surface area (TPSA) is 136 Å². The second-order valence-electron chi connectivity index (χ2n) is 4.06. The maximum atomic E-state index is 11.7. The van der Waals surface area contributed by atoms with E-state index in [-0.39, 0.29) is 17.3 Å². The summed E-state index contributed by atoms with van der Waals surface area (Å²) < 4.78 is 0. The molecule has 0 spiro atoms. The van der Waals surface area contributed by atoms with Crippen molar-refractivity contribution in [3.63, 3.8) is 0 Å². The Bertz CT molecular complexity index is 402. The molecule has 0 aliphatic carbocycles. The largest absolute Gasteiger partial charge is 0.480 e. The number of amides is 1. The van der Waals surface area contributed by atoms with Gasteiger partial charge >= 0.3 is 5.97 Å². The van der Waals surface area contributed by atoms with Gasteiger partial charge in [0.25, 0.3) is 5.09 Å². The lowest BCUT2D eigenvalue weighted by molar-refractivity contribution is -0.764. The van der Waals surface area contributed by atoms with Crippen LogP contribution in [0.5, 0.6) is 0 Å². The van der Waals surface area contributed by atoms with E-state index in [1.54, 1.807) is 0 Å². The third-order valence-electron chi connectivity index (χ3n) is 2.36. The Balaban J connectivity index is 4.54. The first kappa shape index (κ1) is 19.2. The fraction of sp³-hybridized carbons (Fsp3) is 0.727. The number of thioether (sulfide) groups is 1. The molecule has 0 saturated heterocycles. The molecule has 0 heterocycles. The van der Waals surface area contributed by atoms with Crippen molar-refractivity contribution in [1.82, 2.24) is 5.32 Å². The van der Waals surface area contributed by atoms with Gasteiger partial charge in [0, 0.05) is 12.2 Å². The van der Waals surface area contributed by atoms with Gasteiger partial charge in [-0.1, -0.05) is 25.6 Å². The van der Waals surface area contributed by atoms with Gasteiger partial charge in [0.1, 0.15) is 6.04 Å². The average Bonchev–Trinajstić information content (AvgIpc) is 2.40. The first-order chi connectivity index (χ1) is 9.81. The monoisotopic (exact) mass is 322 g/mol. The zero-order chi connectivity index (χ0) is 16.4. The van der Waals surface area contributed by atoms with Crippen LogP contribution in [0.3, 0.4) is 0 Å². The summed E-state index contributed by atoms with van der Waals surface area (Å²) in [5, 5.41) is 20.1. The van der Waals surface area contributed by atoms with E-state index in [2.05, 4.69) is 10.2 Å². The van der Waals surface area contributed by atoms with Crippen molar-refractivity contribution in [2.75, 3.05) is 5.75 Å². The highest BCUT2D eigenvalue weighted by atomic mass is 32.2. The first-order valence-corrected chi connectivity index (χ1v) is 7.30. The quantitative estimate of drug-likeness (QED) is 0.441. The molecule has 0 bridgehead atoms. The Hall–Kier alpha value is -1.84. The van der Waals surface area contributed by atoms with Gasteiger partial charge in [0.2, 0.25) is 5.91 Å². The van der Waals surface area contributed by atoms with Gasteiger partial charge in [-0.3, -0.25) is 9.59 Å². The third-order valence-corrected chi connectivity index (χ3v) is 3.38. The number of nitrogens with zero attached hydrogens (tertiary/aromatic N) is 1. The zero-order valence-corrected chi connectivity index (χ0v) is 12.6. The van der Waals surface area contributed by atoms with Crippen LogP contribution in [0.4, 0.5) is 0 Å². The predicted octanol–water partition coefficient (Wildman–Crippen LogP) is 0.603. The molecule has 0 aliphatic heterocycles. The molecule has 2 unspecified atom stereocenters. The second-order valence-corrected chi connectivity index (χ2v) is 5.14. The Kier molecular flexibility index (Phi) is 9.10. The lowest BCUT2D eigenvalue weighted by Crippen LogP contribution is -2.48. The van der Waals surface area contributed by atoms with E-state index in [9.17, 15) is 24.5 Å². The number of carbonyl (C=O) groups is 3. The molecule has 0 aromatic rings. The highest BCUT2D eigenvalue weighted by molar-refractivity contribution is 8.13. The number of carbonyl (C=O) groups excluding carboxylic acids is 2. The van der Waals surface area contributed by atoms with Crippen molar-refractivity contribution in [2.24, 2.45) is 0 Å². The van der Waals surface area contributed by atoms with E-state index >= 15 is 0 Å². The maximum absolute atomic E-state index is 11.7. The van der Waals surface area contributed by atoms with Crippen LogP contribution < -0.4 is 5.32 Å². The molecule has 0 aliphatic rings. The summed E-state index contributed by atoms with van der Waals surface area (Å²) in [7, 11) is 0. The van der Waals surface area contributed by atoms with Crippen LogP contribution in [0.1, 0.15) is 33.1 Å². The van der Waals surface area contributed by atoms with E-state index in [1.165, 1.54) is 6.92 Å². The summed E-state index contributed by atoms with van der Waals surface area (Å²) >= 11 is 0.803. The van der Waals surface area contributed by atoms with Crippen molar-refractivity contribution < 1.29 is 29.4 Å². The molecule has 0 aromatic heterocycles. The summed E-state index contributed by atoms with van der Waals surface area (Å²) in [5.74, 6) is -2.37. The van der Waals surface area contributed by atoms with Crippen molar-refractivity contribution in [3.8, 4) is 0 Å². The van der Waals surface area contributed by atoms with Gasteiger partial charge in [0.15, 0.2) is 11.2 Å². The van der Waals surface area contributed by atoms with E-state index in [0.29, 0.717) is 12.8 Å². The van der Waals surface area contributed by atoms with Crippen LogP contribution in [0.25, 0.3) is 0 Å². The summed E-state index contributed by atoms with van der Waals surface area (Å²) in [6.45, 7) is 3.30. The minimum Gasteiger partial charge on any atom is -0.480 e. The Morgan fingerprint density at radius 1 is 1.38 bits per heavy atom. The zero-order valence-electron chi connectivity index (χ0n) is 11.7. The first-order valence-electron chi connectivity index (χ1n) is 6.31. The molecule has 10 heteroatoms. The van der Waals surface area contributed by atoms with Crippen LogP contribution in [-0.4, -0.2) is 45.1 Å². The van der Waals surface area contributed by atoms with E-state index < -0.39 is 29.1 Å². The predicted molar refractivity (Wildman–Crippen MR) is 74.1 cm³/mol. The summed E-state index contributed by atoms with van der Waals surface area (Å²) in [4.78, 5) is 48.4. The normalized spacial score (nSPS) is 13.0. The SMILES string of the molecule is CCCC(=O)SCC(NC(=O)C(CC)O[N+](=O)[O-])C(=O)O. The Morgan fingerprint density at radius 2 is 2.00 bits per heavy atom. The molecule has 2 atom stereocenters. The summed E-state index contributed by atoms with van der Waals surface area (Å²) in [6.07, 6.45) is -0.406. The summed E-state index contributed by atoms with van der Waals surface area (Å²) in [5.41, 5.74) is 0. The Labute approximate surface area is 125 Å². The molecule has 0 rings (SSSR count). The van der Waals surface area contributed by atoms with Crippen LogP contribution >= 0.6 is 11.8 Å². The van der Waals surface area contributed by atoms with Crippen LogP contribution in [0, 0.1) is 10.1 Å². The standard InChI is InChI=1S/C11H18N2O7S/c1-3-5-9(14)21-6-7(11(16)17)12-10(15)8(4-2)20-13(18)19/h7-8H,3-6H2,1-2H3,(H,12,15)(H,16,17). The molecule has 0 saturated carbocycles. The number of aliphatic carboxylic acids is 1. The number of carboxylic acid groups (broad SMARTS) is 1. The molecule has 0 fully saturated rings. The fourth-order valence-corrected chi connectivity index (χ4v) is 2.23. The van der Waals surface area contributed by atoms with Gasteiger partial charge in [-0.25, -0.2) is 4.79 Å². The minimum absolute atomic E-state index is 0.0149. The minimum atomic E-state index is -1.38. The number of hydrogen-bond donors (Lipinski definition) is 2. The van der Waals surface area contributed by atoms with Crippen molar-refractivity contribution in [3.05, 3.63) is 10.1 Å². The molecule has 1 amide bonds. The van der Waals surface area contributed by atoms with E-state index in [4.69, 9.17) is 5.11 Å². The second kappa shape index (κ2) is 9.97.